The van der Waals surface area contributed by atoms with Crippen LogP contribution in [-0.4, -0.2) is 35.6 Å². The van der Waals surface area contributed by atoms with E-state index in [9.17, 15) is 9.90 Å². The van der Waals surface area contributed by atoms with Crippen molar-refractivity contribution in [1.29, 1.82) is 0 Å². The predicted molar refractivity (Wildman–Crippen MR) is 71.3 cm³/mol. The molecule has 0 spiro atoms. The molecule has 98 valence electrons. The summed E-state index contributed by atoms with van der Waals surface area (Å²) in [5, 5.41) is 9.24. The van der Waals surface area contributed by atoms with E-state index in [4.69, 9.17) is 0 Å². The van der Waals surface area contributed by atoms with Crippen molar-refractivity contribution in [3.63, 3.8) is 0 Å². The smallest absolute Gasteiger partial charge is 0.226 e. The fourth-order valence-electron chi connectivity index (χ4n) is 2.45. The minimum absolute atomic E-state index is 0.144. The number of benzene rings is 1. The van der Waals surface area contributed by atoms with Crippen LogP contribution in [0.2, 0.25) is 0 Å². The number of aliphatic hydroxyl groups is 1. The third-order valence-corrected chi connectivity index (χ3v) is 3.77. The summed E-state index contributed by atoms with van der Waals surface area (Å²) in [6.45, 7) is 2.80. The lowest BCUT2D eigenvalue weighted by atomic mass is 9.82. The van der Waals surface area contributed by atoms with Crippen molar-refractivity contribution in [2.24, 2.45) is 5.92 Å². The summed E-state index contributed by atoms with van der Waals surface area (Å²) in [5.41, 5.74) is 2.27. The van der Waals surface area contributed by atoms with Crippen LogP contribution >= 0.6 is 0 Å². The molecule has 1 aliphatic carbocycles. The molecule has 1 amide bonds. The zero-order valence-electron chi connectivity index (χ0n) is 11.1. The van der Waals surface area contributed by atoms with Gasteiger partial charge in [0.1, 0.15) is 0 Å². The van der Waals surface area contributed by atoms with Crippen LogP contribution in [-0.2, 0) is 11.2 Å². The van der Waals surface area contributed by atoms with Gasteiger partial charge in [-0.1, -0.05) is 24.3 Å². The Balaban J connectivity index is 1.86. The van der Waals surface area contributed by atoms with E-state index in [1.54, 1.807) is 4.90 Å². The van der Waals surface area contributed by atoms with Gasteiger partial charge in [-0.15, -0.1) is 0 Å². The van der Waals surface area contributed by atoms with Gasteiger partial charge >= 0.3 is 0 Å². The van der Waals surface area contributed by atoms with Gasteiger partial charge in [-0.05, 0) is 36.8 Å². The molecule has 0 unspecified atom stereocenters. The molecule has 0 atom stereocenters. The minimum atomic E-state index is -0.144. The van der Waals surface area contributed by atoms with E-state index in [0.717, 1.165) is 24.9 Å². The van der Waals surface area contributed by atoms with Crippen LogP contribution in [0, 0.1) is 12.8 Å². The first-order chi connectivity index (χ1) is 8.56. The molecule has 18 heavy (non-hydrogen) atoms. The van der Waals surface area contributed by atoms with Crippen molar-refractivity contribution < 1.29 is 9.90 Å². The summed E-state index contributed by atoms with van der Waals surface area (Å²) in [7, 11) is 1.85. The largest absolute Gasteiger partial charge is 0.393 e. The Morgan fingerprint density at radius 2 is 2.06 bits per heavy atom. The zero-order chi connectivity index (χ0) is 13.1. The van der Waals surface area contributed by atoms with Crippen LogP contribution in [0.1, 0.15) is 24.0 Å². The molecule has 1 aromatic carbocycles. The van der Waals surface area contributed by atoms with Crippen LogP contribution in [0.15, 0.2) is 24.3 Å². The molecule has 0 aromatic heterocycles. The number of carbonyl (C=O) groups is 1. The molecule has 0 aliphatic heterocycles. The average Bonchev–Trinajstić information content (AvgIpc) is 2.30. The summed E-state index contributed by atoms with van der Waals surface area (Å²) in [5.74, 6) is 0.636. The quantitative estimate of drug-likeness (QED) is 0.881. The van der Waals surface area contributed by atoms with Crippen molar-refractivity contribution in [3.05, 3.63) is 35.4 Å². The summed E-state index contributed by atoms with van der Waals surface area (Å²) in [6.07, 6.45) is 2.00. The molecule has 0 radical (unpaired) electrons. The molecule has 1 aliphatic rings. The van der Waals surface area contributed by atoms with Gasteiger partial charge in [-0.3, -0.25) is 4.79 Å². The molecule has 0 bridgehead atoms. The van der Waals surface area contributed by atoms with Crippen LogP contribution in [0.25, 0.3) is 0 Å². The Hall–Kier alpha value is -1.35. The standard InChI is InChI=1S/C15H21NO2/c1-11-5-3-4-6-13(11)9-15(18)16(2)10-12-7-14(17)8-12/h3-6,12,14,17H,7-10H2,1-2H3. The first-order valence-electron chi connectivity index (χ1n) is 6.53. The van der Waals surface area contributed by atoms with Crippen molar-refractivity contribution in [2.75, 3.05) is 13.6 Å². The van der Waals surface area contributed by atoms with Gasteiger partial charge in [0.15, 0.2) is 0 Å². The number of hydrogen-bond donors (Lipinski definition) is 1. The fraction of sp³-hybridized carbons (Fsp3) is 0.533. The van der Waals surface area contributed by atoms with Crippen LogP contribution in [0.3, 0.4) is 0 Å². The highest BCUT2D eigenvalue weighted by Gasteiger charge is 2.29. The number of aliphatic hydroxyl groups excluding tert-OH is 1. The number of nitrogens with zero attached hydrogens (tertiary/aromatic N) is 1. The lowest BCUT2D eigenvalue weighted by Gasteiger charge is -2.34. The lowest BCUT2D eigenvalue weighted by Crippen LogP contribution is -2.40. The first-order valence-corrected chi connectivity index (χ1v) is 6.53. The van der Waals surface area contributed by atoms with E-state index < -0.39 is 0 Å². The van der Waals surface area contributed by atoms with Gasteiger partial charge in [-0.25, -0.2) is 0 Å². The van der Waals surface area contributed by atoms with Crippen molar-refractivity contribution >= 4 is 5.91 Å². The van der Waals surface area contributed by atoms with Gasteiger partial charge in [0.05, 0.1) is 12.5 Å². The molecule has 1 aromatic rings. The SMILES string of the molecule is Cc1ccccc1CC(=O)N(C)CC1CC(O)C1. The molecule has 0 heterocycles. The lowest BCUT2D eigenvalue weighted by molar-refractivity contribution is -0.130. The highest BCUT2D eigenvalue weighted by atomic mass is 16.3. The van der Waals surface area contributed by atoms with Gasteiger partial charge in [0.2, 0.25) is 5.91 Å². The summed E-state index contributed by atoms with van der Waals surface area (Å²) >= 11 is 0. The maximum Gasteiger partial charge on any atom is 0.226 e. The maximum atomic E-state index is 12.1. The van der Waals surface area contributed by atoms with E-state index in [-0.39, 0.29) is 12.0 Å². The number of amides is 1. The molecular formula is C15H21NO2. The molecule has 1 saturated carbocycles. The third-order valence-electron chi connectivity index (χ3n) is 3.77. The fourth-order valence-corrected chi connectivity index (χ4v) is 2.45. The normalized spacial score (nSPS) is 22.4. The van der Waals surface area contributed by atoms with E-state index in [2.05, 4.69) is 0 Å². The van der Waals surface area contributed by atoms with E-state index in [1.807, 2.05) is 38.2 Å². The second-order valence-corrected chi connectivity index (χ2v) is 5.37. The highest BCUT2D eigenvalue weighted by molar-refractivity contribution is 5.78. The molecule has 2 rings (SSSR count). The Kier molecular flexibility index (Phi) is 4.02. The Morgan fingerprint density at radius 1 is 1.39 bits per heavy atom. The molecule has 0 saturated heterocycles. The highest BCUT2D eigenvalue weighted by Crippen LogP contribution is 2.27. The number of likely N-dealkylation sites (N-methyl/N-ethyl adjacent to an activating group) is 1. The Bertz CT molecular complexity index is 424. The molecule has 1 N–H and O–H groups in total. The molecular weight excluding hydrogens is 226 g/mol. The van der Waals surface area contributed by atoms with E-state index >= 15 is 0 Å². The van der Waals surface area contributed by atoms with Crippen LogP contribution in [0.4, 0.5) is 0 Å². The average molecular weight is 247 g/mol. The number of hydrogen-bond acceptors (Lipinski definition) is 2. The molecule has 3 heteroatoms. The summed E-state index contributed by atoms with van der Waals surface area (Å²) < 4.78 is 0. The first kappa shape index (κ1) is 13.1. The Labute approximate surface area is 108 Å². The monoisotopic (exact) mass is 247 g/mol. The van der Waals surface area contributed by atoms with Gasteiger partial charge < -0.3 is 10.0 Å². The number of carbonyl (C=O) groups excluding carboxylic acids is 1. The van der Waals surface area contributed by atoms with Crippen molar-refractivity contribution in [3.8, 4) is 0 Å². The van der Waals surface area contributed by atoms with Crippen LogP contribution < -0.4 is 0 Å². The summed E-state index contributed by atoms with van der Waals surface area (Å²) in [6, 6.07) is 8.00. The maximum absolute atomic E-state index is 12.1. The van der Waals surface area contributed by atoms with Crippen LogP contribution in [0.5, 0.6) is 0 Å². The predicted octanol–water partition coefficient (Wildman–Crippen LogP) is 1.77. The van der Waals surface area contributed by atoms with Gasteiger partial charge in [0, 0.05) is 13.6 Å². The van der Waals surface area contributed by atoms with Crippen molar-refractivity contribution in [1.82, 2.24) is 4.90 Å². The number of rotatable bonds is 4. The molecule has 3 nitrogen and oxygen atoms in total. The van der Waals surface area contributed by atoms with E-state index in [0.29, 0.717) is 12.3 Å². The van der Waals surface area contributed by atoms with E-state index in [1.165, 1.54) is 5.56 Å². The topological polar surface area (TPSA) is 40.5 Å². The second kappa shape index (κ2) is 5.53. The summed E-state index contributed by atoms with van der Waals surface area (Å²) in [4.78, 5) is 13.9. The van der Waals surface area contributed by atoms with Gasteiger partial charge in [-0.2, -0.15) is 0 Å². The minimum Gasteiger partial charge on any atom is -0.393 e. The van der Waals surface area contributed by atoms with Crippen molar-refractivity contribution in [2.45, 2.75) is 32.3 Å². The Morgan fingerprint density at radius 3 is 2.67 bits per heavy atom. The second-order valence-electron chi connectivity index (χ2n) is 5.37. The molecule has 1 fully saturated rings. The third kappa shape index (κ3) is 3.10. The van der Waals surface area contributed by atoms with Gasteiger partial charge in [0.25, 0.3) is 0 Å². The number of aryl methyl sites for hydroxylation is 1. The zero-order valence-corrected chi connectivity index (χ0v) is 11.1.